The normalized spacial score (nSPS) is 22.5. The van der Waals surface area contributed by atoms with Crippen LogP contribution in [0.15, 0.2) is 55.0 Å². The van der Waals surface area contributed by atoms with Gasteiger partial charge < -0.3 is 15.2 Å². The van der Waals surface area contributed by atoms with Crippen molar-refractivity contribution in [3.63, 3.8) is 0 Å². The van der Waals surface area contributed by atoms with Crippen molar-refractivity contribution >= 4 is 15.7 Å². The van der Waals surface area contributed by atoms with Gasteiger partial charge in [0.15, 0.2) is 9.84 Å². The van der Waals surface area contributed by atoms with E-state index in [0.29, 0.717) is 5.56 Å². The highest BCUT2D eigenvalue weighted by atomic mass is 32.2. The Bertz CT molecular complexity index is 1330. The lowest BCUT2D eigenvalue weighted by Gasteiger charge is -2.35. The Kier molecular flexibility index (Phi) is 7.05. The van der Waals surface area contributed by atoms with Crippen LogP contribution < -0.4 is 10.6 Å². The molecule has 2 N–H and O–H groups in total. The molecule has 0 saturated carbocycles. The van der Waals surface area contributed by atoms with Crippen molar-refractivity contribution in [2.45, 2.75) is 42.9 Å². The van der Waals surface area contributed by atoms with Gasteiger partial charge in [-0.05, 0) is 43.5 Å². The molecule has 1 saturated heterocycles. The predicted octanol–water partition coefficient (Wildman–Crippen LogP) is 3.25. The van der Waals surface area contributed by atoms with Gasteiger partial charge >= 0.3 is 0 Å². The fourth-order valence-corrected chi connectivity index (χ4v) is 6.86. The Balaban J connectivity index is 1.55. The molecule has 7 nitrogen and oxygen atoms in total. The molecule has 1 fully saturated rings. The van der Waals surface area contributed by atoms with Gasteiger partial charge in [0, 0.05) is 31.4 Å². The van der Waals surface area contributed by atoms with Crippen molar-refractivity contribution in [1.29, 1.82) is 0 Å². The highest BCUT2D eigenvalue weighted by Gasteiger charge is 2.42. The molecule has 10 heteroatoms. The molecule has 2 heterocycles. The average molecular weight is 503 g/mol. The largest absolute Gasteiger partial charge is 0.344 e. The number of aromatic nitrogens is 2. The van der Waals surface area contributed by atoms with Crippen LogP contribution in [0.3, 0.4) is 0 Å². The topological polar surface area (TPSA) is 93.1 Å². The number of hydrogen-bond donors (Lipinski definition) is 2. The summed E-state index contributed by atoms with van der Waals surface area (Å²) in [6, 6.07) is 9.68. The van der Waals surface area contributed by atoms with E-state index in [9.17, 15) is 13.2 Å². The van der Waals surface area contributed by atoms with E-state index in [0.717, 1.165) is 12.1 Å². The Morgan fingerprint density at radius 2 is 1.94 bits per heavy atom. The number of benzene rings is 2. The molecule has 4 rings (SSSR count). The third-order valence-corrected chi connectivity index (χ3v) is 9.16. The van der Waals surface area contributed by atoms with Crippen LogP contribution in [0.4, 0.5) is 8.78 Å². The Morgan fingerprint density at radius 1 is 1.23 bits per heavy atom. The first kappa shape index (κ1) is 25.0. The maximum atomic E-state index is 15.1. The van der Waals surface area contributed by atoms with Crippen molar-refractivity contribution in [3.8, 4) is 0 Å². The van der Waals surface area contributed by atoms with Gasteiger partial charge in [0.1, 0.15) is 17.3 Å². The van der Waals surface area contributed by atoms with Crippen molar-refractivity contribution in [1.82, 2.24) is 20.2 Å². The van der Waals surface area contributed by atoms with Crippen LogP contribution in [-0.2, 0) is 23.3 Å². The highest BCUT2D eigenvalue weighted by molar-refractivity contribution is 7.92. The lowest BCUT2D eigenvalue weighted by molar-refractivity contribution is 0.0934. The summed E-state index contributed by atoms with van der Waals surface area (Å²) >= 11 is 0. The molecule has 0 radical (unpaired) electrons. The standard InChI is InChI=1S/C25H28F2N4O3S/c1-15(30-25(32)22-13-31(3)14-29-22)19-11-20(26)18(9-21(19)27)10-23-16(2)28-12-24(35(23,33)34)17-7-5-4-6-8-17/h4-9,11,13-16,23-24,28H,10,12H2,1-3H3,(H,30,32)/t15?,16-,23?,24-/m0/s1. The van der Waals surface area contributed by atoms with Crippen molar-refractivity contribution in [2.24, 2.45) is 7.05 Å². The summed E-state index contributed by atoms with van der Waals surface area (Å²) in [4.78, 5) is 16.3. The Labute approximate surface area is 203 Å². The Hall–Kier alpha value is -3.11. The molecule has 1 aromatic heterocycles. The first-order chi connectivity index (χ1) is 16.6. The van der Waals surface area contributed by atoms with Crippen LogP contribution in [0.5, 0.6) is 0 Å². The van der Waals surface area contributed by atoms with Gasteiger partial charge in [-0.1, -0.05) is 30.3 Å². The first-order valence-electron chi connectivity index (χ1n) is 11.4. The molecule has 0 bridgehead atoms. The van der Waals surface area contributed by atoms with Crippen LogP contribution >= 0.6 is 0 Å². The van der Waals surface area contributed by atoms with Gasteiger partial charge in [-0.3, -0.25) is 4.79 Å². The first-order valence-corrected chi connectivity index (χ1v) is 13.0. The lowest BCUT2D eigenvalue weighted by Crippen LogP contribution is -2.53. The molecule has 186 valence electrons. The number of amides is 1. The summed E-state index contributed by atoms with van der Waals surface area (Å²) < 4.78 is 58.6. The maximum Gasteiger partial charge on any atom is 0.271 e. The van der Waals surface area contributed by atoms with Crippen LogP contribution in [0, 0.1) is 11.6 Å². The number of rotatable bonds is 6. The molecule has 1 aliphatic rings. The second-order valence-electron chi connectivity index (χ2n) is 9.01. The highest BCUT2D eigenvalue weighted by Crippen LogP contribution is 2.33. The van der Waals surface area contributed by atoms with Gasteiger partial charge in [0.25, 0.3) is 5.91 Å². The summed E-state index contributed by atoms with van der Waals surface area (Å²) in [5.74, 6) is -1.95. The fraction of sp³-hybridized carbons (Fsp3) is 0.360. The van der Waals surface area contributed by atoms with Crippen molar-refractivity contribution in [2.75, 3.05) is 6.54 Å². The maximum absolute atomic E-state index is 15.1. The van der Waals surface area contributed by atoms with Crippen LogP contribution in [0.1, 0.15) is 52.3 Å². The quantitative estimate of drug-likeness (QED) is 0.540. The van der Waals surface area contributed by atoms with E-state index in [1.807, 2.05) is 6.07 Å². The van der Waals surface area contributed by atoms with Gasteiger partial charge in [-0.15, -0.1) is 0 Å². The molecule has 35 heavy (non-hydrogen) atoms. The molecule has 2 aromatic carbocycles. The minimum atomic E-state index is -3.68. The Morgan fingerprint density at radius 3 is 2.60 bits per heavy atom. The molecule has 0 aliphatic carbocycles. The van der Waals surface area contributed by atoms with Crippen molar-refractivity contribution in [3.05, 3.63) is 89.0 Å². The zero-order valence-corrected chi connectivity index (χ0v) is 20.5. The van der Waals surface area contributed by atoms with Crippen molar-refractivity contribution < 1.29 is 22.0 Å². The lowest BCUT2D eigenvalue weighted by atomic mass is 9.99. The molecule has 1 aliphatic heterocycles. The number of imidazole rings is 1. The molecule has 3 aromatic rings. The number of sulfone groups is 1. The number of aryl methyl sites for hydroxylation is 1. The zero-order valence-electron chi connectivity index (χ0n) is 19.7. The van der Waals surface area contributed by atoms with E-state index in [1.54, 1.807) is 49.7 Å². The van der Waals surface area contributed by atoms with Crippen LogP contribution in [0.2, 0.25) is 0 Å². The predicted molar refractivity (Wildman–Crippen MR) is 129 cm³/mol. The summed E-state index contributed by atoms with van der Waals surface area (Å²) in [6.45, 7) is 3.54. The van der Waals surface area contributed by atoms with E-state index in [4.69, 9.17) is 0 Å². The summed E-state index contributed by atoms with van der Waals surface area (Å²) in [6.07, 6.45) is 2.81. The third-order valence-electron chi connectivity index (χ3n) is 6.51. The SMILES string of the molecule is CC(NC(=O)c1cn(C)cn1)c1cc(F)c(CC2[C@H](C)NC[C@@H](c3ccccc3)S2(=O)=O)cc1F. The molecule has 2 unspecified atom stereocenters. The minimum absolute atomic E-state index is 0.0227. The van der Waals surface area contributed by atoms with E-state index in [2.05, 4.69) is 15.6 Å². The van der Waals surface area contributed by atoms with Crippen LogP contribution in [0.25, 0.3) is 0 Å². The number of halogens is 2. The average Bonchev–Trinajstić information content (AvgIpc) is 3.25. The van der Waals surface area contributed by atoms with Crippen LogP contribution in [-0.4, -0.2) is 41.7 Å². The smallest absolute Gasteiger partial charge is 0.271 e. The van der Waals surface area contributed by atoms with Gasteiger partial charge in [-0.25, -0.2) is 22.2 Å². The third kappa shape index (κ3) is 5.13. The zero-order chi connectivity index (χ0) is 25.3. The van der Waals surface area contributed by atoms with Gasteiger partial charge in [0.05, 0.1) is 22.9 Å². The second kappa shape index (κ2) is 9.87. The molecule has 4 atom stereocenters. The van der Waals surface area contributed by atoms with E-state index >= 15 is 8.78 Å². The summed E-state index contributed by atoms with van der Waals surface area (Å²) in [7, 11) is -1.97. The summed E-state index contributed by atoms with van der Waals surface area (Å²) in [5, 5.41) is 4.13. The molecular weight excluding hydrogens is 474 g/mol. The van der Waals surface area contributed by atoms with E-state index in [1.165, 1.54) is 12.5 Å². The molecule has 1 amide bonds. The monoisotopic (exact) mass is 502 g/mol. The summed E-state index contributed by atoms with van der Waals surface area (Å²) in [5.41, 5.74) is 0.769. The number of nitrogens with zero attached hydrogens (tertiary/aromatic N) is 2. The fourth-order valence-electron chi connectivity index (χ4n) is 4.49. The second-order valence-corrected chi connectivity index (χ2v) is 11.4. The number of carbonyl (C=O) groups is 1. The van der Waals surface area contributed by atoms with E-state index in [-0.39, 0.29) is 29.8 Å². The minimum Gasteiger partial charge on any atom is -0.344 e. The molecular formula is C25H28F2N4O3S. The number of carbonyl (C=O) groups excluding carboxylic acids is 1. The van der Waals surface area contributed by atoms with E-state index < -0.39 is 50.0 Å². The molecule has 0 spiro atoms. The number of nitrogens with one attached hydrogen (secondary N) is 2. The van der Waals surface area contributed by atoms with Gasteiger partial charge in [0.2, 0.25) is 0 Å². The van der Waals surface area contributed by atoms with Gasteiger partial charge in [-0.2, -0.15) is 0 Å². The number of hydrogen-bond acceptors (Lipinski definition) is 5.